The molecule has 136 valence electrons. The molecule has 0 aliphatic carbocycles. The highest BCUT2D eigenvalue weighted by atomic mass is 32.2. The van der Waals surface area contributed by atoms with Gasteiger partial charge in [-0.25, -0.2) is 9.18 Å². The third-order valence-corrected chi connectivity index (χ3v) is 5.84. The second-order valence-electron chi connectivity index (χ2n) is 6.16. The summed E-state index contributed by atoms with van der Waals surface area (Å²) in [7, 11) is 0. The fraction of sp³-hybridized carbons (Fsp3) is 0.316. The molecule has 0 saturated carbocycles. The number of carbonyl (C=O) groups is 1. The van der Waals surface area contributed by atoms with Crippen LogP contribution in [0.25, 0.3) is 0 Å². The number of para-hydroxylation sites is 1. The van der Waals surface area contributed by atoms with E-state index >= 15 is 0 Å². The molecule has 2 aromatic carbocycles. The molecule has 0 bridgehead atoms. The lowest BCUT2D eigenvalue weighted by molar-refractivity contribution is 0.174. The van der Waals surface area contributed by atoms with Crippen molar-refractivity contribution in [2.45, 2.75) is 11.7 Å². The van der Waals surface area contributed by atoms with Crippen LogP contribution in [0, 0.1) is 5.82 Å². The second kappa shape index (κ2) is 7.45. The molecular weight excluding hydrogens is 355 g/mol. The molecule has 2 heterocycles. The number of thioether (sulfide) groups is 1. The first-order chi connectivity index (χ1) is 12.7. The van der Waals surface area contributed by atoms with Gasteiger partial charge in [0.1, 0.15) is 5.82 Å². The maximum atomic E-state index is 13.7. The molecule has 0 radical (unpaired) electrons. The van der Waals surface area contributed by atoms with Crippen molar-refractivity contribution in [3.05, 3.63) is 53.8 Å². The van der Waals surface area contributed by atoms with Crippen molar-refractivity contribution in [3.8, 4) is 11.5 Å². The number of urea groups is 1. The van der Waals surface area contributed by atoms with Gasteiger partial charge >= 0.3 is 6.03 Å². The Bertz CT molecular complexity index is 817. The number of nitrogens with zero attached hydrogens (tertiary/aromatic N) is 1. The number of benzene rings is 2. The molecule has 2 aromatic rings. The lowest BCUT2D eigenvalue weighted by Gasteiger charge is -2.21. The summed E-state index contributed by atoms with van der Waals surface area (Å²) in [5, 5.41) is 2.95. The Hall–Kier alpha value is -2.41. The van der Waals surface area contributed by atoms with Crippen molar-refractivity contribution in [1.82, 2.24) is 4.90 Å². The zero-order valence-corrected chi connectivity index (χ0v) is 14.9. The van der Waals surface area contributed by atoms with Gasteiger partial charge in [0.15, 0.2) is 11.5 Å². The summed E-state index contributed by atoms with van der Waals surface area (Å²) in [6, 6.07) is 12.0. The van der Waals surface area contributed by atoms with Crippen LogP contribution in [0.4, 0.5) is 14.9 Å². The van der Waals surface area contributed by atoms with E-state index in [1.807, 2.05) is 23.9 Å². The van der Waals surface area contributed by atoms with Crippen molar-refractivity contribution in [2.75, 3.05) is 31.0 Å². The predicted octanol–water partition coefficient (Wildman–Crippen LogP) is 4.27. The van der Waals surface area contributed by atoms with E-state index < -0.39 is 5.82 Å². The molecule has 26 heavy (non-hydrogen) atoms. The maximum Gasteiger partial charge on any atom is 0.321 e. The van der Waals surface area contributed by atoms with Crippen molar-refractivity contribution in [2.24, 2.45) is 0 Å². The van der Waals surface area contributed by atoms with Crippen molar-refractivity contribution in [1.29, 1.82) is 0 Å². The highest BCUT2D eigenvalue weighted by Crippen LogP contribution is 2.40. The standard InChI is InChI=1S/C19H19FN2O3S/c20-14-3-1-2-4-15(14)21-19(23)22-8-7-18(26-10-9-22)13-5-6-16-17(11-13)25-12-24-16/h1-6,11,18H,7-10,12H2,(H,21,23)/t18-/m0/s1. The van der Waals surface area contributed by atoms with Crippen molar-refractivity contribution in [3.63, 3.8) is 0 Å². The monoisotopic (exact) mass is 374 g/mol. The molecule has 1 atom stereocenters. The minimum Gasteiger partial charge on any atom is -0.454 e. The Morgan fingerprint density at radius 3 is 2.88 bits per heavy atom. The Labute approximate surface area is 155 Å². The van der Waals surface area contributed by atoms with Crippen LogP contribution in [0.15, 0.2) is 42.5 Å². The number of fused-ring (bicyclic) bond motifs is 1. The van der Waals surface area contributed by atoms with E-state index in [1.165, 1.54) is 11.6 Å². The molecular formula is C19H19FN2O3S. The third kappa shape index (κ3) is 3.58. The first-order valence-electron chi connectivity index (χ1n) is 8.52. The first-order valence-corrected chi connectivity index (χ1v) is 9.57. The highest BCUT2D eigenvalue weighted by molar-refractivity contribution is 7.99. The van der Waals surface area contributed by atoms with Gasteiger partial charge in [-0.05, 0) is 36.2 Å². The van der Waals surface area contributed by atoms with Crippen LogP contribution in [0.5, 0.6) is 11.5 Å². The van der Waals surface area contributed by atoms with Gasteiger partial charge in [-0.3, -0.25) is 0 Å². The fourth-order valence-corrected chi connectivity index (χ4v) is 4.33. The summed E-state index contributed by atoms with van der Waals surface area (Å²) < 4.78 is 24.5. The number of halogens is 1. The quantitative estimate of drug-likeness (QED) is 0.853. The van der Waals surface area contributed by atoms with Crippen LogP contribution in [-0.2, 0) is 0 Å². The lowest BCUT2D eigenvalue weighted by atomic mass is 10.1. The highest BCUT2D eigenvalue weighted by Gasteiger charge is 2.24. The average molecular weight is 374 g/mol. The third-order valence-electron chi connectivity index (χ3n) is 4.51. The number of nitrogens with one attached hydrogen (secondary N) is 1. The molecule has 0 unspecified atom stereocenters. The number of rotatable bonds is 2. The Morgan fingerprint density at radius 1 is 1.15 bits per heavy atom. The van der Waals surface area contributed by atoms with E-state index in [-0.39, 0.29) is 23.8 Å². The summed E-state index contributed by atoms with van der Waals surface area (Å²) in [5.41, 5.74) is 1.39. The van der Waals surface area contributed by atoms with Gasteiger partial charge in [-0.2, -0.15) is 11.8 Å². The zero-order valence-electron chi connectivity index (χ0n) is 14.1. The van der Waals surface area contributed by atoms with E-state index in [0.717, 1.165) is 23.7 Å². The smallest absolute Gasteiger partial charge is 0.321 e. The van der Waals surface area contributed by atoms with Gasteiger partial charge in [0.2, 0.25) is 6.79 Å². The molecule has 0 spiro atoms. The van der Waals surface area contributed by atoms with Gasteiger partial charge in [0, 0.05) is 24.1 Å². The van der Waals surface area contributed by atoms with Gasteiger partial charge < -0.3 is 19.7 Å². The number of hydrogen-bond donors (Lipinski definition) is 1. The van der Waals surface area contributed by atoms with Gasteiger partial charge in [-0.15, -0.1) is 0 Å². The Kier molecular flexibility index (Phi) is 4.88. The summed E-state index contributed by atoms with van der Waals surface area (Å²) in [6.45, 7) is 1.51. The minimum absolute atomic E-state index is 0.210. The molecule has 4 rings (SSSR count). The topological polar surface area (TPSA) is 50.8 Å². The van der Waals surface area contributed by atoms with E-state index in [2.05, 4.69) is 11.4 Å². The van der Waals surface area contributed by atoms with E-state index in [9.17, 15) is 9.18 Å². The molecule has 0 aromatic heterocycles. The summed E-state index contributed by atoms with van der Waals surface area (Å²) in [4.78, 5) is 14.2. The fourth-order valence-electron chi connectivity index (χ4n) is 3.11. The molecule has 7 heteroatoms. The number of carbonyl (C=O) groups excluding carboxylic acids is 1. The second-order valence-corrected chi connectivity index (χ2v) is 7.47. The predicted molar refractivity (Wildman–Crippen MR) is 99.4 cm³/mol. The Morgan fingerprint density at radius 2 is 2.00 bits per heavy atom. The summed E-state index contributed by atoms with van der Waals surface area (Å²) in [5.74, 6) is 1.95. The molecule has 5 nitrogen and oxygen atoms in total. The number of hydrogen-bond acceptors (Lipinski definition) is 4. The van der Waals surface area contributed by atoms with Crippen LogP contribution in [-0.4, -0.2) is 36.6 Å². The van der Waals surface area contributed by atoms with Crippen molar-refractivity contribution >= 4 is 23.5 Å². The zero-order chi connectivity index (χ0) is 17.9. The number of amides is 2. The van der Waals surface area contributed by atoms with E-state index in [4.69, 9.17) is 9.47 Å². The van der Waals surface area contributed by atoms with Crippen LogP contribution < -0.4 is 14.8 Å². The van der Waals surface area contributed by atoms with Crippen LogP contribution in [0.3, 0.4) is 0 Å². The largest absolute Gasteiger partial charge is 0.454 e. The number of ether oxygens (including phenoxy) is 2. The van der Waals surface area contributed by atoms with Crippen LogP contribution in [0.1, 0.15) is 17.2 Å². The lowest BCUT2D eigenvalue weighted by Crippen LogP contribution is -2.36. The van der Waals surface area contributed by atoms with E-state index in [0.29, 0.717) is 13.1 Å². The first kappa shape index (κ1) is 17.0. The SMILES string of the molecule is O=C(Nc1ccccc1F)N1CCS[C@H](c2ccc3c(c2)OCO3)CC1. The number of anilines is 1. The summed E-state index contributed by atoms with van der Waals surface area (Å²) >= 11 is 1.82. The van der Waals surface area contributed by atoms with Gasteiger partial charge in [0.05, 0.1) is 5.69 Å². The van der Waals surface area contributed by atoms with E-state index in [1.54, 1.807) is 23.1 Å². The maximum absolute atomic E-state index is 13.7. The molecule has 2 amide bonds. The minimum atomic E-state index is -0.428. The van der Waals surface area contributed by atoms with Crippen LogP contribution >= 0.6 is 11.8 Å². The van der Waals surface area contributed by atoms with Gasteiger partial charge in [0.25, 0.3) is 0 Å². The van der Waals surface area contributed by atoms with Crippen LogP contribution in [0.2, 0.25) is 0 Å². The molecule has 2 aliphatic rings. The van der Waals surface area contributed by atoms with Crippen molar-refractivity contribution < 1.29 is 18.7 Å². The summed E-state index contributed by atoms with van der Waals surface area (Å²) in [6.07, 6.45) is 0.828. The molecule has 2 aliphatic heterocycles. The average Bonchev–Trinajstić information content (AvgIpc) is 2.98. The normalized spacial score (nSPS) is 19.1. The van der Waals surface area contributed by atoms with Gasteiger partial charge in [-0.1, -0.05) is 18.2 Å². The molecule has 1 N–H and O–H groups in total. The Balaban J connectivity index is 1.40. The molecule has 1 saturated heterocycles. The molecule has 1 fully saturated rings.